The molecule has 0 aliphatic carbocycles. The molecular weight excluding hydrogens is 294 g/mol. The van der Waals surface area contributed by atoms with Gasteiger partial charge in [0, 0.05) is 25.5 Å². The number of sulfonamides is 1. The number of hydrogen-bond donors (Lipinski definition) is 3. The number of nitrogen functional groups attached to an aromatic ring is 1. The number of rotatable bonds is 4. The molecule has 9 nitrogen and oxygen atoms in total. The number of nitrogens with two attached hydrogens (primary N) is 1. The summed E-state index contributed by atoms with van der Waals surface area (Å²) in [4.78, 5) is 4.13. The fourth-order valence-corrected chi connectivity index (χ4v) is 3.23. The molecule has 0 saturated carbocycles. The van der Waals surface area contributed by atoms with Crippen LogP contribution in [0.3, 0.4) is 0 Å². The van der Waals surface area contributed by atoms with Crippen molar-refractivity contribution in [2.75, 3.05) is 10.1 Å². The Bertz CT molecular complexity index is 896. The summed E-state index contributed by atoms with van der Waals surface area (Å²) in [6.07, 6.45) is 3.23. The van der Waals surface area contributed by atoms with Gasteiger partial charge in [-0.3, -0.25) is 13.8 Å². The lowest BCUT2D eigenvalue weighted by Gasteiger charge is -2.07. The molecule has 0 radical (unpaired) electrons. The molecule has 0 unspecified atom stereocenters. The van der Waals surface area contributed by atoms with E-state index < -0.39 is 10.0 Å². The molecule has 10 heteroatoms. The smallest absolute Gasteiger partial charge is 0.283 e. The van der Waals surface area contributed by atoms with Gasteiger partial charge in [-0.2, -0.15) is 13.5 Å². The second kappa shape index (κ2) is 4.75. The molecule has 0 aliphatic heterocycles. The van der Waals surface area contributed by atoms with E-state index in [4.69, 9.17) is 5.84 Å². The van der Waals surface area contributed by atoms with Crippen LogP contribution in [0, 0.1) is 0 Å². The van der Waals surface area contributed by atoms with Crippen LogP contribution in [0.1, 0.15) is 0 Å². The molecule has 0 saturated heterocycles. The Labute approximate surface area is 120 Å². The average Bonchev–Trinajstić information content (AvgIpc) is 3.01. The normalized spacial score (nSPS) is 11.7. The van der Waals surface area contributed by atoms with Crippen LogP contribution in [0.4, 0.5) is 11.6 Å². The highest BCUT2D eigenvalue weighted by atomic mass is 32.2. The van der Waals surface area contributed by atoms with Gasteiger partial charge >= 0.3 is 0 Å². The van der Waals surface area contributed by atoms with Crippen molar-refractivity contribution in [1.29, 1.82) is 0 Å². The van der Waals surface area contributed by atoms with Gasteiger partial charge in [0.2, 0.25) is 5.03 Å². The first-order valence-corrected chi connectivity index (χ1v) is 7.46. The lowest BCUT2D eigenvalue weighted by atomic mass is 10.5. The minimum atomic E-state index is -3.89. The summed E-state index contributed by atoms with van der Waals surface area (Å²) < 4.78 is 30.4. The number of fused-ring (bicyclic) bond motifs is 1. The third-order valence-corrected chi connectivity index (χ3v) is 4.21. The third kappa shape index (κ3) is 2.30. The van der Waals surface area contributed by atoms with E-state index in [1.807, 2.05) is 0 Å². The zero-order valence-electron chi connectivity index (χ0n) is 11.1. The largest absolute Gasteiger partial charge is 0.306 e. The molecule has 0 fully saturated rings. The molecule has 4 N–H and O–H groups in total. The minimum absolute atomic E-state index is 0.0598. The summed E-state index contributed by atoms with van der Waals surface area (Å²) in [5, 5.41) is 3.91. The number of hydrazine groups is 1. The van der Waals surface area contributed by atoms with Crippen LogP contribution in [-0.2, 0) is 17.1 Å². The molecular formula is C11H13N7O2S. The summed E-state index contributed by atoms with van der Waals surface area (Å²) in [6, 6.07) is 6.69. The number of nitrogens with zero attached hydrogens (tertiary/aromatic N) is 4. The Morgan fingerprint density at radius 1 is 1.24 bits per heavy atom. The Kier molecular flexibility index (Phi) is 3.03. The second-order valence-corrected chi connectivity index (χ2v) is 5.92. The number of anilines is 2. The first-order chi connectivity index (χ1) is 10.0. The van der Waals surface area contributed by atoms with Crippen LogP contribution in [-0.4, -0.2) is 27.6 Å². The van der Waals surface area contributed by atoms with Crippen LogP contribution in [0.2, 0.25) is 0 Å². The number of aromatic nitrogens is 4. The number of hydrogen-bond acceptors (Lipinski definition) is 6. The lowest BCUT2D eigenvalue weighted by Crippen LogP contribution is -2.19. The van der Waals surface area contributed by atoms with Gasteiger partial charge in [0.25, 0.3) is 10.0 Å². The van der Waals surface area contributed by atoms with Crippen LogP contribution >= 0.6 is 0 Å². The molecule has 3 heterocycles. The van der Waals surface area contributed by atoms with Crippen molar-refractivity contribution in [3.8, 4) is 0 Å². The van der Waals surface area contributed by atoms with E-state index in [1.54, 1.807) is 43.7 Å². The fraction of sp³-hybridized carbons (Fsp3) is 0.0909. The topological polar surface area (TPSA) is 119 Å². The molecule has 3 aromatic rings. The van der Waals surface area contributed by atoms with Crippen molar-refractivity contribution >= 4 is 27.3 Å². The minimum Gasteiger partial charge on any atom is -0.306 e. The van der Waals surface area contributed by atoms with Crippen molar-refractivity contribution in [3.63, 3.8) is 0 Å². The van der Waals surface area contributed by atoms with Crippen molar-refractivity contribution in [2.24, 2.45) is 12.9 Å². The maximum absolute atomic E-state index is 12.5. The Morgan fingerprint density at radius 3 is 2.71 bits per heavy atom. The van der Waals surface area contributed by atoms with Crippen molar-refractivity contribution in [1.82, 2.24) is 19.2 Å². The lowest BCUT2D eigenvalue weighted by molar-refractivity contribution is 0.596. The van der Waals surface area contributed by atoms with Gasteiger partial charge in [-0.1, -0.05) is 6.07 Å². The average molecular weight is 307 g/mol. The number of pyridine rings is 1. The number of aryl methyl sites for hydroxylation is 1. The van der Waals surface area contributed by atoms with Crippen LogP contribution in [0.15, 0.2) is 41.7 Å². The Balaban J connectivity index is 2.13. The van der Waals surface area contributed by atoms with E-state index in [9.17, 15) is 8.42 Å². The molecule has 21 heavy (non-hydrogen) atoms. The number of nitrogens with one attached hydrogen (secondary N) is 2. The molecule has 3 aromatic heterocycles. The van der Waals surface area contributed by atoms with Gasteiger partial charge in [0.15, 0.2) is 11.6 Å². The highest BCUT2D eigenvalue weighted by Gasteiger charge is 2.25. The standard InChI is InChI=1S/C11H13N7O2S/c1-17-7-5-8(15-17)16-21(19,20)11-10(14-12)13-9-4-2-3-6-18(9)11/h2-7,14H,12H2,1H3,(H,15,16). The van der Waals surface area contributed by atoms with Gasteiger partial charge in [-0.25, -0.2) is 10.8 Å². The monoisotopic (exact) mass is 307 g/mol. The van der Waals surface area contributed by atoms with Gasteiger partial charge < -0.3 is 5.43 Å². The molecule has 0 amide bonds. The predicted molar refractivity (Wildman–Crippen MR) is 77.0 cm³/mol. The summed E-state index contributed by atoms with van der Waals surface area (Å²) in [7, 11) is -2.20. The number of imidazole rings is 1. The van der Waals surface area contributed by atoms with Crippen LogP contribution < -0.4 is 16.0 Å². The SMILES string of the molecule is Cn1ccc(NS(=O)(=O)c2c(NN)nc3ccccn23)n1. The Hall–Kier alpha value is -2.59. The third-order valence-electron chi connectivity index (χ3n) is 2.83. The second-order valence-electron chi connectivity index (χ2n) is 4.32. The summed E-state index contributed by atoms with van der Waals surface area (Å²) in [5.74, 6) is 5.64. The van der Waals surface area contributed by atoms with Crippen LogP contribution in [0.5, 0.6) is 0 Å². The van der Waals surface area contributed by atoms with E-state index in [-0.39, 0.29) is 16.7 Å². The van der Waals surface area contributed by atoms with Crippen LogP contribution in [0.25, 0.3) is 5.65 Å². The maximum atomic E-state index is 12.5. The van der Waals surface area contributed by atoms with Crippen molar-refractivity contribution in [3.05, 3.63) is 36.7 Å². The van der Waals surface area contributed by atoms with E-state index in [1.165, 1.54) is 9.08 Å². The highest BCUT2D eigenvalue weighted by Crippen LogP contribution is 2.23. The van der Waals surface area contributed by atoms with E-state index in [2.05, 4.69) is 20.2 Å². The Morgan fingerprint density at radius 2 is 2.05 bits per heavy atom. The van der Waals surface area contributed by atoms with Gasteiger partial charge in [-0.05, 0) is 12.1 Å². The summed E-state index contributed by atoms with van der Waals surface area (Å²) in [6.45, 7) is 0. The van der Waals surface area contributed by atoms with E-state index in [0.29, 0.717) is 5.65 Å². The molecule has 0 aliphatic rings. The molecule has 110 valence electrons. The zero-order chi connectivity index (χ0) is 15.0. The van der Waals surface area contributed by atoms with Crippen molar-refractivity contribution < 1.29 is 8.42 Å². The van der Waals surface area contributed by atoms with Crippen molar-refractivity contribution in [2.45, 2.75) is 5.03 Å². The van der Waals surface area contributed by atoms with Gasteiger partial charge in [0.1, 0.15) is 5.65 Å². The zero-order valence-corrected chi connectivity index (χ0v) is 11.9. The first kappa shape index (κ1) is 13.4. The molecule has 0 atom stereocenters. The fourth-order valence-electron chi connectivity index (χ4n) is 1.98. The molecule has 3 rings (SSSR count). The molecule has 0 bridgehead atoms. The van der Waals surface area contributed by atoms with E-state index in [0.717, 1.165) is 0 Å². The summed E-state index contributed by atoms with van der Waals surface area (Å²) >= 11 is 0. The first-order valence-electron chi connectivity index (χ1n) is 5.97. The summed E-state index contributed by atoms with van der Waals surface area (Å²) in [5.41, 5.74) is 2.77. The predicted octanol–water partition coefficient (Wildman–Crippen LogP) is 0.154. The van der Waals surface area contributed by atoms with Gasteiger partial charge in [-0.15, -0.1) is 0 Å². The highest BCUT2D eigenvalue weighted by molar-refractivity contribution is 7.92. The van der Waals surface area contributed by atoms with Gasteiger partial charge in [0.05, 0.1) is 0 Å². The van der Waals surface area contributed by atoms with E-state index >= 15 is 0 Å². The quantitative estimate of drug-likeness (QED) is 0.466. The maximum Gasteiger partial charge on any atom is 0.283 e. The molecule has 0 spiro atoms. The molecule has 0 aromatic carbocycles.